The average Bonchev–Trinajstić information content (AvgIpc) is 2.10. The van der Waals surface area contributed by atoms with Crippen LogP contribution in [0.25, 0.3) is 0 Å². The predicted octanol–water partition coefficient (Wildman–Crippen LogP) is 3.89. The topological polar surface area (TPSA) is 35.5 Å². The number of carbonyl (C=O) groups excluding carboxylic acids is 1. The number of ether oxygens (including phenoxy) is 2. The second kappa shape index (κ2) is 6.53. The van der Waals surface area contributed by atoms with Gasteiger partial charge in [-0.1, -0.05) is 25.3 Å². The fourth-order valence-corrected chi connectivity index (χ4v) is 1.52. The van der Waals surface area contributed by atoms with Crippen molar-refractivity contribution < 1.29 is 14.3 Å². The van der Waals surface area contributed by atoms with Gasteiger partial charge in [0, 0.05) is 0 Å². The summed E-state index contributed by atoms with van der Waals surface area (Å²) in [5.41, 5.74) is 3.09. The summed E-state index contributed by atoms with van der Waals surface area (Å²) in [4.78, 5) is 11.2. The van der Waals surface area contributed by atoms with Gasteiger partial charge in [-0.15, -0.1) is 0 Å². The number of allylic oxidation sites excluding steroid dienone is 2. The molecule has 0 heterocycles. The number of hydrogen-bond donors (Lipinski definition) is 0. The van der Waals surface area contributed by atoms with Crippen LogP contribution in [0.2, 0.25) is 19.6 Å². The van der Waals surface area contributed by atoms with Crippen LogP contribution in [0, 0.1) is 0 Å². The van der Waals surface area contributed by atoms with Crippen LogP contribution in [0.3, 0.4) is 0 Å². The summed E-state index contributed by atoms with van der Waals surface area (Å²) in [7, 11) is -1.28. The summed E-state index contributed by atoms with van der Waals surface area (Å²) < 4.78 is 9.84. The van der Waals surface area contributed by atoms with E-state index in [4.69, 9.17) is 9.47 Å². The molecule has 16 heavy (non-hydrogen) atoms. The van der Waals surface area contributed by atoms with Crippen molar-refractivity contribution in [1.29, 1.82) is 0 Å². The molecule has 0 rings (SSSR count). The molecule has 0 aromatic rings. The van der Waals surface area contributed by atoms with Gasteiger partial charge in [-0.3, -0.25) is 0 Å². The zero-order valence-corrected chi connectivity index (χ0v) is 12.1. The molecule has 4 heteroatoms. The molecule has 0 aliphatic carbocycles. The molecule has 0 saturated heterocycles. The van der Waals surface area contributed by atoms with Gasteiger partial charge in [0.2, 0.25) is 0 Å². The Bertz CT molecular complexity index is 294. The fourth-order valence-electron chi connectivity index (χ4n) is 0.866. The first-order chi connectivity index (χ1) is 7.26. The van der Waals surface area contributed by atoms with Crippen LogP contribution in [0.4, 0.5) is 4.79 Å². The van der Waals surface area contributed by atoms with Gasteiger partial charge >= 0.3 is 6.16 Å². The van der Waals surface area contributed by atoms with Crippen LogP contribution in [-0.4, -0.2) is 20.8 Å². The molecule has 0 spiro atoms. The minimum Gasteiger partial charge on any atom is -0.434 e. The van der Waals surface area contributed by atoms with Crippen molar-refractivity contribution in [2.24, 2.45) is 0 Å². The van der Waals surface area contributed by atoms with Crippen LogP contribution in [-0.2, 0) is 9.47 Å². The smallest absolute Gasteiger partial charge is 0.434 e. The lowest BCUT2D eigenvalue weighted by Crippen LogP contribution is -2.16. The maximum absolute atomic E-state index is 11.2. The molecule has 0 aliphatic rings. The third-order valence-electron chi connectivity index (χ3n) is 1.68. The SMILES string of the molecule is CCOC(=O)OC(/C=C/[Si](C)(C)C)=C(C)C. The molecule has 92 valence electrons. The predicted molar refractivity (Wildman–Crippen MR) is 69.0 cm³/mol. The molecule has 0 bridgehead atoms. The van der Waals surface area contributed by atoms with E-state index in [1.165, 1.54) is 0 Å². The highest BCUT2D eigenvalue weighted by molar-refractivity contribution is 6.81. The summed E-state index contributed by atoms with van der Waals surface area (Å²) in [6.45, 7) is 12.5. The largest absolute Gasteiger partial charge is 0.513 e. The zero-order valence-electron chi connectivity index (χ0n) is 11.1. The van der Waals surface area contributed by atoms with Crippen molar-refractivity contribution in [2.45, 2.75) is 40.4 Å². The summed E-state index contributed by atoms with van der Waals surface area (Å²) in [6, 6.07) is 0. The molecule has 3 nitrogen and oxygen atoms in total. The van der Waals surface area contributed by atoms with Crippen molar-refractivity contribution in [3.8, 4) is 0 Å². The fraction of sp³-hybridized carbons (Fsp3) is 0.583. The third-order valence-corrected chi connectivity index (χ3v) is 2.85. The minimum atomic E-state index is -1.28. The number of hydrogen-bond acceptors (Lipinski definition) is 3. The van der Waals surface area contributed by atoms with E-state index in [9.17, 15) is 4.79 Å². The van der Waals surface area contributed by atoms with Crippen LogP contribution in [0.5, 0.6) is 0 Å². The quantitative estimate of drug-likeness (QED) is 0.325. The molecule has 0 unspecified atom stereocenters. The monoisotopic (exact) mass is 242 g/mol. The second-order valence-electron chi connectivity index (χ2n) is 4.85. The molecular formula is C12H22O3Si. The highest BCUT2D eigenvalue weighted by atomic mass is 28.3. The van der Waals surface area contributed by atoms with Gasteiger partial charge in [0.15, 0.2) is 0 Å². The van der Waals surface area contributed by atoms with Gasteiger partial charge in [-0.2, -0.15) is 0 Å². The zero-order chi connectivity index (χ0) is 12.8. The molecule has 0 aromatic carbocycles. The molecule has 0 saturated carbocycles. The molecule has 0 N–H and O–H groups in total. The lowest BCUT2D eigenvalue weighted by atomic mass is 10.3. The highest BCUT2D eigenvalue weighted by Crippen LogP contribution is 2.11. The van der Waals surface area contributed by atoms with E-state index in [1.807, 2.05) is 19.9 Å². The van der Waals surface area contributed by atoms with Gasteiger partial charge in [0.05, 0.1) is 14.7 Å². The van der Waals surface area contributed by atoms with Crippen molar-refractivity contribution in [3.63, 3.8) is 0 Å². The maximum atomic E-state index is 11.2. The first-order valence-electron chi connectivity index (χ1n) is 5.47. The van der Waals surface area contributed by atoms with Crippen molar-refractivity contribution >= 4 is 14.2 Å². The van der Waals surface area contributed by atoms with Crippen molar-refractivity contribution in [3.05, 3.63) is 23.1 Å². The summed E-state index contributed by atoms with van der Waals surface area (Å²) in [6.07, 6.45) is 1.23. The van der Waals surface area contributed by atoms with Crippen LogP contribution in [0.15, 0.2) is 23.1 Å². The van der Waals surface area contributed by atoms with E-state index in [2.05, 4.69) is 25.3 Å². The van der Waals surface area contributed by atoms with Crippen molar-refractivity contribution in [1.82, 2.24) is 0 Å². The van der Waals surface area contributed by atoms with Gasteiger partial charge in [0.1, 0.15) is 5.76 Å². The maximum Gasteiger partial charge on any atom is 0.513 e. The Morgan fingerprint density at radius 3 is 2.19 bits per heavy atom. The summed E-state index contributed by atoms with van der Waals surface area (Å²) in [5.74, 6) is 0.584. The Kier molecular flexibility index (Phi) is 6.11. The summed E-state index contributed by atoms with van der Waals surface area (Å²) >= 11 is 0. The highest BCUT2D eigenvalue weighted by Gasteiger charge is 2.10. The van der Waals surface area contributed by atoms with E-state index < -0.39 is 14.2 Å². The number of carbonyl (C=O) groups is 1. The first-order valence-corrected chi connectivity index (χ1v) is 9.05. The van der Waals surface area contributed by atoms with E-state index >= 15 is 0 Å². The van der Waals surface area contributed by atoms with E-state index in [0.29, 0.717) is 12.4 Å². The van der Waals surface area contributed by atoms with Crippen LogP contribution in [0.1, 0.15) is 20.8 Å². The van der Waals surface area contributed by atoms with Crippen LogP contribution >= 0.6 is 0 Å². The Balaban J connectivity index is 4.62. The Morgan fingerprint density at radius 2 is 1.81 bits per heavy atom. The molecule has 0 fully saturated rings. The molecular weight excluding hydrogens is 220 g/mol. The van der Waals surface area contributed by atoms with E-state index in [1.54, 1.807) is 6.92 Å². The lowest BCUT2D eigenvalue weighted by molar-refractivity contribution is 0.0834. The van der Waals surface area contributed by atoms with Gasteiger partial charge in [-0.25, -0.2) is 4.79 Å². The van der Waals surface area contributed by atoms with Gasteiger partial charge in [0.25, 0.3) is 0 Å². The van der Waals surface area contributed by atoms with Gasteiger partial charge < -0.3 is 9.47 Å². The normalized spacial score (nSPS) is 11.4. The lowest BCUT2D eigenvalue weighted by Gasteiger charge is -2.11. The Labute approximate surface area is 99.1 Å². The minimum absolute atomic E-state index is 0.326. The Morgan fingerprint density at radius 1 is 1.25 bits per heavy atom. The van der Waals surface area contributed by atoms with E-state index in [-0.39, 0.29) is 0 Å². The van der Waals surface area contributed by atoms with Crippen molar-refractivity contribution in [2.75, 3.05) is 6.61 Å². The Hall–Kier alpha value is -1.03. The van der Waals surface area contributed by atoms with Crippen LogP contribution < -0.4 is 0 Å². The second-order valence-corrected chi connectivity index (χ2v) is 9.91. The molecule has 0 amide bonds. The third kappa shape index (κ3) is 7.28. The first kappa shape index (κ1) is 15.0. The average molecular weight is 242 g/mol. The van der Waals surface area contributed by atoms with Gasteiger partial charge in [-0.05, 0) is 32.4 Å². The molecule has 0 radical (unpaired) electrons. The molecule has 0 aliphatic heterocycles. The molecule has 0 atom stereocenters. The summed E-state index contributed by atoms with van der Waals surface area (Å²) in [5, 5.41) is 0. The standard InChI is InChI=1S/C12H22O3Si/c1-7-14-12(13)15-11(10(2)3)8-9-16(4,5)6/h8-9H,7H2,1-6H3/b9-8+. The molecule has 0 aromatic heterocycles. The number of rotatable bonds is 4. The van der Waals surface area contributed by atoms with E-state index in [0.717, 1.165) is 5.57 Å².